The van der Waals surface area contributed by atoms with Gasteiger partial charge in [-0.15, -0.1) is 0 Å². The fraction of sp³-hybridized carbons (Fsp3) is 0.583. The average Bonchev–Trinajstić information content (AvgIpc) is 2.80. The summed E-state index contributed by atoms with van der Waals surface area (Å²) in [7, 11) is 0. The zero-order chi connectivity index (χ0) is 12.4. The van der Waals surface area contributed by atoms with E-state index in [1.165, 1.54) is 25.7 Å². The molecule has 1 aromatic heterocycles. The maximum atomic E-state index is 6.21. The second-order valence-corrected chi connectivity index (χ2v) is 5.20. The van der Waals surface area contributed by atoms with E-state index in [-0.39, 0.29) is 0 Å². The summed E-state index contributed by atoms with van der Waals surface area (Å²) in [5.74, 6) is 1.12. The number of anilines is 2. The molecule has 1 fully saturated rings. The van der Waals surface area contributed by atoms with Crippen LogP contribution in [0.5, 0.6) is 0 Å². The molecule has 1 aromatic rings. The van der Waals surface area contributed by atoms with Gasteiger partial charge in [0.2, 0.25) is 0 Å². The topological polar surface area (TPSA) is 42.2 Å². The Kier molecular flexibility index (Phi) is 4.00. The molecule has 94 valence electrons. The van der Waals surface area contributed by atoms with E-state index in [9.17, 15) is 0 Å². The van der Waals surface area contributed by atoms with E-state index in [0.29, 0.717) is 21.9 Å². The minimum Gasteiger partial charge on any atom is -0.382 e. The first-order chi connectivity index (χ1) is 8.13. The molecule has 0 radical (unpaired) electrons. The highest BCUT2D eigenvalue weighted by molar-refractivity contribution is 6.37. The maximum absolute atomic E-state index is 6.21. The van der Waals surface area contributed by atoms with Crippen molar-refractivity contribution in [3.63, 3.8) is 0 Å². The van der Waals surface area contributed by atoms with Gasteiger partial charge in [-0.2, -0.15) is 0 Å². The zero-order valence-corrected chi connectivity index (χ0v) is 11.4. The van der Waals surface area contributed by atoms with Crippen molar-refractivity contribution in [3.05, 3.63) is 16.1 Å². The SMILES string of the molecule is CCN(c1nc(N)c(Cl)cc1Cl)C1CCCC1. The Bertz CT molecular complexity index is 403. The Morgan fingerprint density at radius 2 is 2.00 bits per heavy atom. The van der Waals surface area contributed by atoms with Gasteiger partial charge in [0, 0.05) is 12.6 Å². The quantitative estimate of drug-likeness (QED) is 0.912. The van der Waals surface area contributed by atoms with Crippen LogP contribution in [0, 0.1) is 0 Å². The maximum Gasteiger partial charge on any atom is 0.150 e. The molecule has 0 atom stereocenters. The summed E-state index contributed by atoms with van der Waals surface area (Å²) in [6.07, 6.45) is 4.96. The highest BCUT2D eigenvalue weighted by Gasteiger charge is 2.24. The van der Waals surface area contributed by atoms with E-state index in [1.54, 1.807) is 6.07 Å². The molecule has 0 bridgehead atoms. The van der Waals surface area contributed by atoms with Gasteiger partial charge in [0.05, 0.1) is 10.0 Å². The number of pyridine rings is 1. The third kappa shape index (κ3) is 2.61. The van der Waals surface area contributed by atoms with E-state index in [2.05, 4.69) is 16.8 Å². The Balaban J connectivity index is 2.32. The molecule has 1 heterocycles. The highest BCUT2D eigenvalue weighted by atomic mass is 35.5. The van der Waals surface area contributed by atoms with E-state index in [4.69, 9.17) is 28.9 Å². The number of aromatic nitrogens is 1. The lowest BCUT2D eigenvalue weighted by Crippen LogP contribution is -2.34. The zero-order valence-electron chi connectivity index (χ0n) is 9.92. The summed E-state index contributed by atoms with van der Waals surface area (Å²) >= 11 is 12.1. The van der Waals surface area contributed by atoms with E-state index in [0.717, 1.165) is 12.4 Å². The molecular weight excluding hydrogens is 257 g/mol. The minimum atomic E-state index is 0.350. The van der Waals surface area contributed by atoms with Crippen molar-refractivity contribution in [2.75, 3.05) is 17.2 Å². The van der Waals surface area contributed by atoms with Crippen LogP contribution >= 0.6 is 23.2 Å². The van der Waals surface area contributed by atoms with Gasteiger partial charge in [-0.05, 0) is 25.8 Å². The minimum absolute atomic E-state index is 0.350. The molecule has 1 aliphatic rings. The van der Waals surface area contributed by atoms with Crippen molar-refractivity contribution in [3.8, 4) is 0 Å². The summed E-state index contributed by atoms with van der Waals surface area (Å²) in [4.78, 5) is 6.57. The predicted molar refractivity (Wildman–Crippen MR) is 73.9 cm³/mol. The molecule has 0 aromatic carbocycles. The number of hydrogen-bond donors (Lipinski definition) is 1. The number of rotatable bonds is 3. The molecule has 17 heavy (non-hydrogen) atoms. The van der Waals surface area contributed by atoms with Gasteiger partial charge in [0.1, 0.15) is 11.6 Å². The summed E-state index contributed by atoms with van der Waals surface area (Å²) in [6, 6.07) is 2.21. The summed E-state index contributed by atoms with van der Waals surface area (Å²) in [6.45, 7) is 3.00. The van der Waals surface area contributed by atoms with Crippen LogP contribution in [0.1, 0.15) is 32.6 Å². The van der Waals surface area contributed by atoms with Crippen LogP contribution in [0.4, 0.5) is 11.6 Å². The van der Waals surface area contributed by atoms with Crippen LogP contribution in [0.15, 0.2) is 6.07 Å². The number of nitrogens with two attached hydrogens (primary N) is 1. The first-order valence-electron chi connectivity index (χ1n) is 6.01. The third-order valence-corrected chi connectivity index (χ3v) is 3.90. The van der Waals surface area contributed by atoms with E-state index < -0.39 is 0 Å². The lowest BCUT2D eigenvalue weighted by molar-refractivity contribution is 0.613. The van der Waals surface area contributed by atoms with Crippen molar-refractivity contribution in [1.29, 1.82) is 0 Å². The molecular formula is C12H17Cl2N3. The fourth-order valence-electron chi connectivity index (χ4n) is 2.47. The first-order valence-corrected chi connectivity index (χ1v) is 6.77. The smallest absolute Gasteiger partial charge is 0.150 e. The van der Waals surface area contributed by atoms with Gasteiger partial charge in [0.15, 0.2) is 0 Å². The van der Waals surface area contributed by atoms with Crippen LogP contribution in [0.25, 0.3) is 0 Å². The van der Waals surface area contributed by atoms with Crippen molar-refractivity contribution in [2.24, 2.45) is 0 Å². The van der Waals surface area contributed by atoms with Crippen molar-refractivity contribution in [1.82, 2.24) is 4.98 Å². The van der Waals surface area contributed by atoms with Crippen molar-refractivity contribution < 1.29 is 0 Å². The van der Waals surface area contributed by atoms with Crippen molar-refractivity contribution >= 4 is 34.8 Å². The second kappa shape index (κ2) is 5.32. The van der Waals surface area contributed by atoms with Crippen LogP contribution < -0.4 is 10.6 Å². The number of nitrogen functional groups attached to an aromatic ring is 1. The molecule has 2 rings (SSSR count). The van der Waals surface area contributed by atoms with Gasteiger partial charge < -0.3 is 10.6 Å². The van der Waals surface area contributed by atoms with Gasteiger partial charge >= 0.3 is 0 Å². The number of hydrogen-bond acceptors (Lipinski definition) is 3. The Hall–Kier alpha value is -0.670. The first kappa shape index (κ1) is 12.8. The molecule has 0 saturated heterocycles. The lowest BCUT2D eigenvalue weighted by Gasteiger charge is -2.29. The van der Waals surface area contributed by atoms with E-state index >= 15 is 0 Å². The Morgan fingerprint density at radius 3 is 2.59 bits per heavy atom. The van der Waals surface area contributed by atoms with Crippen LogP contribution in [-0.4, -0.2) is 17.6 Å². The molecule has 5 heteroatoms. The van der Waals surface area contributed by atoms with Gasteiger partial charge in [-0.1, -0.05) is 36.0 Å². The molecule has 2 N–H and O–H groups in total. The number of halogens is 2. The third-order valence-electron chi connectivity index (χ3n) is 3.32. The predicted octanol–water partition coefficient (Wildman–Crippen LogP) is 3.74. The average molecular weight is 274 g/mol. The van der Waals surface area contributed by atoms with Gasteiger partial charge in [0.25, 0.3) is 0 Å². The molecule has 3 nitrogen and oxygen atoms in total. The molecule has 1 saturated carbocycles. The largest absolute Gasteiger partial charge is 0.382 e. The second-order valence-electron chi connectivity index (χ2n) is 4.39. The molecule has 0 spiro atoms. The highest BCUT2D eigenvalue weighted by Crippen LogP contribution is 2.34. The Labute approximate surface area is 112 Å². The van der Waals surface area contributed by atoms with Gasteiger partial charge in [-0.25, -0.2) is 4.98 Å². The number of nitrogens with zero attached hydrogens (tertiary/aromatic N) is 2. The normalized spacial score (nSPS) is 16.4. The standard InChI is InChI=1S/C12H17Cl2N3/c1-2-17(8-5-3-4-6-8)12-10(14)7-9(13)11(15)16-12/h7-8H,2-6H2,1H3,(H2,15,16). The molecule has 0 unspecified atom stereocenters. The molecule has 0 amide bonds. The van der Waals surface area contributed by atoms with Crippen LogP contribution in [0.2, 0.25) is 10.0 Å². The van der Waals surface area contributed by atoms with E-state index in [1.807, 2.05) is 0 Å². The summed E-state index contributed by atoms with van der Waals surface area (Å²) in [5, 5.41) is 0.999. The lowest BCUT2D eigenvalue weighted by atomic mass is 10.2. The van der Waals surface area contributed by atoms with Crippen molar-refractivity contribution in [2.45, 2.75) is 38.6 Å². The van der Waals surface area contributed by atoms with Gasteiger partial charge in [-0.3, -0.25) is 0 Å². The van der Waals surface area contributed by atoms with Crippen LogP contribution in [0.3, 0.4) is 0 Å². The monoisotopic (exact) mass is 273 g/mol. The molecule has 0 aliphatic heterocycles. The Morgan fingerprint density at radius 1 is 1.35 bits per heavy atom. The fourth-order valence-corrected chi connectivity index (χ4v) is 2.94. The molecule has 1 aliphatic carbocycles. The summed E-state index contributed by atoms with van der Waals surface area (Å²) < 4.78 is 0. The summed E-state index contributed by atoms with van der Waals surface area (Å²) in [5.41, 5.74) is 5.75. The van der Waals surface area contributed by atoms with Crippen LogP contribution in [-0.2, 0) is 0 Å².